The number of amides is 2. The van der Waals surface area contributed by atoms with Crippen molar-refractivity contribution in [2.75, 3.05) is 13.7 Å². The van der Waals surface area contributed by atoms with Gasteiger partial charge in [0, 0.05) is 35.9 Å². The van der Waals surface area contributed by atoms with Gasteiger partial charge in [-0.2, -0.15) is 0 Å². The second-order valence-electron chi connectivity index (χ2n) is 12.3. The van der Waals surface area contributed by atoms with Gasteiger partial charge in [-0.25, -0.2) is 0 Å². The number of carbonyl (C=O) groups excluding carboxylic acids is 4. The molecule has 4 aromatic rings. The predicted molar refractivity (Wildman–Crippen MR) is 171 cm³/mol. The Labute approximate surface area is 268 Å². The summed E-state index contributed by atoms with van der Waals surface area (Å²) in [6.45, 7) is 0.328. The number of likely N-dealkylation sites (tertiary alicyclic amines) is 1. The Morgan fingerprint density at radius 1 is 0.674 bits per heavy atom. The summed E-state index contributed by atoms with van der Waals surface area (Å²) in [5, 5.41) is 0. The van der Waals surface area contributed by atoms with E-state index >= 15 is 0 Å². The van der Waals surface area contributed by atoms with Crippen molar-refractivity contribution in [3.05, 3.63) is 137 Å². The Kier molecular flexibility index (Phi) is 7.99. The van der Waals surface area contributed by atoms with Crippen LogP contribution >= 0.6 is 0 Å². The highest BCUT2D eigenvalue weighted by Gasteiger charge is 2.61. The topological polar surface area (TPSA) is 90.0 Å². The van der Waals surface area contributed by atoms with Gasteiger partial charge in [0.1, 0.15) is 5.75 Å². The molecular weight excluding hydrogens is 578 g/mol. The minimum absolute atomic E-state index is 0.0869. The van der Waals surface area contributed by atoms with Gasteiger partial charge >= 0.3 is 5.97 Å². The summed E-state index contributed by atoms with van der Waals surface area (Å²) in [4.78, 5) is 55.4. The zero-order valence-corrected chi connectivity index (χ0v) is 25.6. The number of carbonyl (C=O) groups is 4. The van der Waals surface area contributed by atoms with Crippen LogP contribution in [0.15, 0.2) is 103 Å². The number of ether oxygens (including phenoxy) is 2. The molecule has 2 bridgehead atoms. The monoisotopic (exact) mass is 613 g/mol. The molecule has 4 aliphatic rings. The lowest BCUT2D eigenvalue weighted by molar-refractivity contribution is -0.147. The number of imide groups is 1. The van der Waals surface area contributed by atoms with E-state index in [1.807, 2.05) is 30.3 Å². The number of rotatable bonds is 11. The first-order chi connectivity index (χ1) is 22.5. The average molecular weight is 614 g/mol. The maximum Gasteiger partial charge on any atom is 0.306 e. The molecule has 3 aliphatic carbocycles. The number of Topliss-reactive ketones (excluding diaryl/α,β-unsaturated/α-hetero) is 1. The summed E-state index contributed by atoms with van der Waals surface area (Å²) in [6, 6.07) is 32.2. The Bertz CT molecular complexity index is 1680. The van der Waals surface area contributed by atoms with E-state index in [4.69, 9.17) is 9.47 Å². The van der Waals surface area contributed by atoms with Crippen LogP contribution in [0.3, 0.4) is 0 Å². The van der Waals surface area contributed by atoms with Gasteiger partial charge in [0.15, 0.2) is 6.10 Å². The first-order valence-electron chi connectivity index (χ1n) is 15.9. The van der Waals surface area contributed by atoms with Gasteiger partial charge in [0.2, 0.25) is 17.6 Å². The molecule has 232 valence electrons. The summed E-state index contributed by atoms with van der Waals surface area (Å²) in [5.41, 5.74) is 5.66. The largest absolute Gasteiger partial charge is 0.497 e. The van der Waals surface area contributed by atoms with Crippen molar-refractivity contribution in [3.8, 4) is 5.75 Å². The average Bonchev–Trinajstić information content (AvgIpc) is 3.36. The van der Waals surface area contributed by atoms with E-state index in [2.05, 4.69) is 24.3 Å². The third kappa shape index (κ3) is 5.10. The van der Waals surface area contributed by atoms with E-state index in [0.717, 1.165) is 22.3 Å². The molecule has 1 aliphatic heterocycles. The molecule has 2 amide bonds. The van der Waals surface area contributed by atoms with Gasteiger partial charge in [-0.3, -0.25) is 24.1 Å². The molecule has 0 aromatic heterocycles. The second kappa shape index (κ2) is 12.4. The molecule has 0 saturated carbocycles. The zero-order valence-electron chi connectivity index (χ0n) is 25.6. The van der Waals surface area contributed by atoms with Crippen LogP contribution < -0.4 is 4.74 Å². The molecule has 0 radical (unpaired) electrons. The lowest BCUT2D eigenvalue weighted by Crippen LogP contribution is -2.41. The van der Waals surface area contributed by atoms with Crippen molar-refractivity contribution in [1.82, 2.24) is 4.90 Å². The molecule has 1 heterocycles. The highest BCUT2D eigenvalue weighted by molar-refractivity contribution is 6.07. The first-order valence-corrected chi connectivity index (χ1v) is 15.9. The van der Waals surface area contributed by atoms with E-state index in [9.17, 15) is 19.2 Å². The molecule has 3 atom stereocenters. The van der Waals surface area contributed by atoms with Crippen molar-refractivity contribution >= 4 is 23.6 Å². The van der Waals surface area contributed by atoms with Gasteiger partial charge in [0.25, 0.3) is 0 Å². The summed E-state index contributed by atoms with van der Waals surface area (Å²) < 4.78 is 10.9. The van der Waals surface area contributed by atoms with E-state index < -0.39 is 12.1 Å². The van der Waals surface area contributed by atoms with Gasteiger partial charge in [0.05, 0.1) is 18.9 Å². The van der Waals surface area contributed by atoms with E-state index in [1.54, 1.807) is 55.6 Å². The summed E-state index contributed by atoms with van der Waals surface area (Å²) in [5.74, 6) is -1.31. The zero-order chi connectivity index (χ0) is 31.8. The van der Waals surface area contributed by atoms with Crippen molar-refractivity contribution in [1.29, 1.82) is 0 Å². The normalized spacial score (nSPS) is 21.3. The van der Waals surface area contributed by atoms with Crippen LogP contribution in [0.1, 0.15) is 81.8 Å². The molecule has 7 heteroatoms. The van der Waals surface area contributed by atoms with Crippen LogP contribution in [-0.2, 0) is 19.1 Å². The molecule has 0 spiro atoms. The Morgan fingerprint density at radius 3 is 1.72 bits per heavy atom. The second-order valence-corrected chi connectivity index (χ2v) is 12.3. The quantitative estimate of drug-likeness (QED) is 0.0818. The molecule has 0 unspecified atom stereocenters. The lowest BCUT2D eigenvalue weighted by Gasteiger charge is -2.45. The van der Waals surface area contributed by atoms with Crippen molar-refractivity contribution in [3.63, 3.8) is 0 Å². The number of ketones is 1. The van der Waals surface area contributed by atoms with Crippen LogP contribution in [0, 0.1) is 11.8 Å². The van der Waals surface area contributed by atoms with Crippen molar-refractivity contribution < 1.29 is 28.7 Å². The van der Waals surface area contributed by atoms with E-state index in [1.165, 1.54) is 4.90 Å². The number of esters is 1. The number of methoxy groups -OCH3 is 1. The lowest BCUT2D eigenvalue weighted by atomic mass is 9.55. The third-order valence-corrected chi connectivity index (χ3v) is 9.77. The van der Waals surface area contributed by atoms with Crippen LogP contribution in [0.2, 0.25) is 0 Å². The highest BCUT2D eigenvalue weighted by atomic mass is 16.5. The molecule has 7 nitrogen and oxygen atoms in total. The maximum absolute atomic E-state index is 13.8. The molecular formula is C39H35NO6. The maximum atomic E-state index is 13.8. The molecule has 8 rings (SSSR count). The molecule has 46 heavy (non-hydrogen) atoms. The van der Waals surface area contributed by atoms with Crippen molar-refractivity contribution in [2.45, 2.75) is 43.6 Å². The Balaban J connectivity index is 0.969. The number of nitrogens with zero attached hydrogens (tertiary/aromatic N) is 1. The summed E-state index contributed by atoms with van der Waals surface area (Å²) in [6.07, 6.45) is 0.807. The van der Waals surface area contributed by atoms with Gasteiger partial charge in [-0.1, -0.05) is 85.3 Å². The standard InChI is InChI=1S/C39H35NO6/c1-45-26-21-19-24(20-22-26)36(42)37(25-12-4-2-5-13-25)46-31(41)18-6-3-11-23-40-38(43)34-32-27-14-7-8-15-28(27)33(35(34)39(40)44)30-17-10-9-16-29(30)32/h2,4-5,7-10,12-17,19-22,32-35,37H,3,6,11,18,23H2,1H3/t32?,33?,34-,35-,37+/m0/s1. The van der Waals surface area contributed by atoms with Gasteiger partial charge in [-0.15, -0.1) is 0 Å². The minimum Gasteiger partial charge on any atom is -0.497 e. The third-order valence-electron chi connectivity index (χ3n) is 9.77. The number of hydrogen-bond acceptors (Lipinski definition) is 6. The summed E-state index contributed by atoms with van der Waals surface area (Å²) in [7, 11) is 1.56. The number of hydrogen-bond donors (Lipinski definition) is 0. The molecule has 1 saturated heterocycles. The fourth-order valence-electron chi connectivity index (χ4n) is 7.67. The van der Waals surface area contributed by atoms with Gasteiger partial charge < -0.3 is 9.47 Å². The minimum atomic E-state index is -1.06. The Hall–Kier alpha value is -5.04. The molecule has 0 N–H and O–H groups in total. The van der Waals surface area contributed by atoms with E-state index in [-0.39, 0.29) is 47.7 Å². The number of unbranched alkanes of at least 4 members (excludes halogenated alkanes) is 2. The van der Waals surface area contributed by atoms with Crippen LogP contribution in [0.25, 0.3) is 0 Å². The van der Waals surface area contributed by atoms with Crippen LogP contribution in [0.5, 0.6) is 5.75 Å². The molecule has 4 aromatic carbocycles. The Morgan fingerprint density at radius 2 is 1.20 bits per heavy atom. The van der Waals surface area contributed by atoms with Crippen LogP contribution in [0.4, 0.5) is 0 Å². The van der Waals surface area contributed by atoms with E-state index in [0.29, 0.717) is 42.7 Å². The molecule has 1 fully saturated rings. The first kappa shape index (κ1) is 29.7. The summed E-state index contributed by atoms with van der Waals surface area (Å²) >= 11 is 0. The smallest absolute Gasteiger partial charge is 0.306 e. The highest BCUT2D eigenvalue weighted by Crippen LogP contribution is 2.60. The van der Waals surface area contributed by atoms with Crippen molar-refractivity contribution in [2.24, 2.45) is 11.8 Å². The number of benzene rings is 4. The van der Waals surface area contributed by atoms with Crippen LogP contribution in [-0.4, -0.2) is 42.1 Å². The SMILES string of the molecule is COc1ccc(C(=O)[C@H](OC(=O)CCCCCN2C(=O)[C@H]3C4c5ccccc5C(c5ccccc54)[C@@H]3C2=O)c2ccccc2)cc1. The fraction of sp³-hybridized carbons (Fsp3) is 0.282. The van der Waals surface area contributed by atoms with Gasteiger partial charge in [-0.05, 0) is 59.4 Å². The fourth-order valence-corrected chi connectivity index (χ4v) is 7.67. The predicted octanol–water partition coefficient (Wildman–Crippen LogP) is 6.62.